The number of carbonyl (C=O) groups excluding carboxylic acids is 3. The molecule has 11 heteroatoms. The van der Waals surface area contributed by atoms with Crippen molar-refractivity contribution in [1.29, 1.82) is 0 Å². The number of anilines is 1. The molecule has 1 saturated heterocycles. The largest absolute Gasteiger partial charge is 0.337 e. The molecule has 0 spiro atoms. The van der Waals surface area contributed by atoms with Crippen molar-refractivity contribution >= 4 is 29.3 Å². The molecule has 1 aliphatic rings. The average molecular weight is 463 g/mol. The molecule has 1 aliphatic heterocycles. The number of benzene rings is 1. The lowest BCUT2D eigenvalue weighted by molar-refractivity contribution is -0.384. The van der Waals surface area contributed by atoms with Gasteiger partial charge in [0.1, 0.15) is 6.04 Å². The summed E-state index contributed by atoms with van der Waals surface area (Å²) in [6.07, 6.45) is 0.681. The van der Waals surface area contributed by atoms with Crippen LogP contribution in [0.25, 0.3) is 0 Å². The van der Waals surface area contributed by atoms with E-state index < -0.39 is 17.0 Å². The molecular formula is C22H34N6O5. The Labute approximate surface area is 194 Å². The van der Waals surface area contributed by atoms with Crippen LogP contribution in [0.4, 0.5) is 21.0 Å². The highest BCUT2D eigenvalue weighted by atomic mass is 16.6. The number of nitro groups is 1. The Morgan fingerprint density at radius 2 is 1.76 bits per heavy atom. The average Bonchev–Trinajstić information content (AvgIpc) is 2.76. The minimum atomic E-state index is -0.740. The van der Waals surface area contributed by atoms with Crippen molar-refractivity contribution in [3.63, 3.8) is 0 Å². The molecule has 3 atom stereocenters. The van der Waals surface area contributed by atoms with Crippen molar-refractivity contribution in [3.05, 3.63) is 34.4 Å². The molecule has 0 aliphatic carbocycles. The van der Waals surface area contributed by atoms with Crippen molar-refractivity contribution < 1.29 is 19.3 Å². The first kappa shape index (κ1) is 25.9. The second-order valence-electron chi connectivity index (χ2n) is 8.70. The van der Waals surface area contributed by atoms with E-state index in [9.17, 15) is 24.5 Å². The fraction of sp³-hybridized carbons (Fsp3) is 0.591. The number of nitrogens with zero attached hydrogens (tertiary/aromatic N) is 3. The van der Waals surface area contributed by atoms with Crippen molar-refractivity contribution in [2.75, 3.05) is 25.0 Å². The molecule has 2 rings (SSSR count). The lowest BCUT2D eigenvalue weighted by atomic mass is 9.97. The van der Waals surface area contributed by atoms with Gasteiger partial charge in [0.15, 0.2) is 0 Å². The number of nitrogens with one attached hydrogen (secondary N) is 3. The molecule has 33 heavy (non-hydrogen) atoms. The van der Waals surface area contributed by atoms with Crippen LogP contribution in [0.2, 0.25) is 0 Å². The van der Waals surface area contributed by atoms with Crippen LogP contribution in [-0.2, 0) is 4.79 Å². The zero-order valence-electron chi connectivity index (χ0n) is 19.8. The summed E-state index contributed by atoms with van der Waals surface area (Å²) in [5, 5.41) is 19.0. The Balaban J connectivity index is 2.02. The number of amides is 5. The van der Waals surface area contributed by atoms with Crippen LogP contribution in [-0.4, -0.2) is 70.5 Å². The van der Waals surface area contributed by atoms with Gasteiger partial charge in [-0.1, -0.05) is 20.3 Å². The van der Waals surface area contributed by atoms with Gasteiger partial charge in [0.2, 0.25) is 5.91 Å². The summed E-state index contributed by atoms with van der Waals surface area (Å²) in [5.41, 5.74) is 0.302. The van der Waals surface area contributed by atoms with Gasteiger partial charge >= 0.3 is 12.1 Å². The summed E-state index contributed by atoms with van der Waals surface area (Å²) < 4.78 is 0. The van der Waals surface area contributed by atoms with Gasteiger partial charge in [-0.3, -0.25) is 14.9 Å². The second-order valence-corrected chi connectivity index (χ2v) is 8.70. The summed E-state index contributed by atoms with van der Waals surface area (Å²) in [6, 6.07) is 3.87. The maximum absolute atomic E-state index is 13.3. The number of rotatable bonds is 7. The van der Waals surface area contributed by atoms with Crippen LogP contribution < -0.4 is 16.0 Å². The third-order valence-electron chi connectivity index (χ3n) is 5.71. The maximum Gasteiger partial charge on any atom is 0.319 e. The third kappa shape index (κ3) is 7.06. The van der Waals surface area contributed by atoms with Gasteiger partial charge in [0.05, 0.1) is 4.92 Å². The summed E-state index contributed by atoms with van der Waals surface area (Å²) in [6.45, 7) is 10.7. The number of carbonyl (C=O) groups is 3. The molecule has 3 unspecified atom stereocenters. The van der Waals surface area contributed by atoms with E-state index in [1.807, 2.05) is 34.6 Å². The first-order valence-electron chi connectivity index (χ1n) is 11.2. The molecule has 1 aromatic carbocycles. The summed E-state index contributed by atoms with van der Waals surface area (Å²) in [4.78, 5) is 51.9. The molecule has 1 fully saturated rings. The van der Waals surface area contributed by atoms with Crippen LogP contribution in [0, 0.1) is 16.0 Å². The van der Waals surface area contributed by atoms with E-state index in [0.717, 1.165) is 0 Å². The first-order valence-corrected chi connectivity index (χ1v) is 11.2. The van der Waals surface area contributed by atoms with E-state index >= 15 is 0 Å². The number of piperazine rings is 1. The van der Waals surface area contributed by atoms with Gasteiger partial charge in [-0.2, -0.15) is 0 Å². The molecule has 182 valence electrons. The van der Waals surface area contributed by atoms with Gasteiger partial charge in [0.25, 0.3) is 5.69 Å². The lowest BCUT2D eigenvalue weighted by Gasteiger charge is -2.41. The van der Waals surface area contributed by atoms with Crippen molar-refractivity contribution in [1.82, 2.24) is 20.4 Å². The third-order valence-corrected chi connectivity index (χ3v) is 5.71. The van der Waals surface area contributed by atoms with Gasteiger partial charge in [0, 0.05) is 49.5 Å². The zero-order valence-corrected chi connectivity index (χ0v) is 19.8. The number of hydrogen-bond acceptors (Lipinski definition) is 5. The summed E-state index contributed by atoms with van der Waals surface area (Å²) in [7, 11) is 0. The monoisotopic (exact) mass is 462 g/mol. The Bertz CT molecular complexity index is 859. The minimum Gasteiger partial charge on any atom is -0.337 e. The van der Waals surface area contributed by atoms with Gasteiger partial charge in [-0.25, -0.2) is 9.59 Å². The smallest absolute Gasteiger partial charge is 0.319 e. The number of nitro benzene ring substituents is 1. The highest BCUT2D eigenvalue weighted by Crippen LogP contribution is 2.18. The van der Waals surface area contributed by atoms with E-state index in [4.69, 9.17) is 0 Å². The van der Waals surface area contributed by atoms with Crippen molar-refractivity contribution in [3.8, 4) is 0 Å². The van der Waals surface area contributed by atoms with Crippen LogP contribution in [0.1, 0.15) is 41.0 Å². The molecule has 1 heterocycles. The van der Waals surface area contributed by atoms with Crippen molar-refractivity contribution in [2.45, 2.75) is 59.2 Å². The topological polar surface area (TPSA) is 137 Å². The molecule has 5 amide bonds. The molecule has 3 N–H and O–H groups in total. The van der Waals surface area contributed by atoms with Crippen LogP contribution in [0.15, 0.2) is 24.3 Å². The molecule has 0 radical (unpaired) electrons. The number of urea groups is 2. The standard InChI is InChI=1S/C22H34N6O5/c1-6-15(4)19(25-21(30)24-17-7-9-18(10-8-17)28(32)33)20(29)26-11-12-27(16(5)13-26)22(31)23-14(2)3/h7-10,14-16,19H,6,11-13H2,1-5H3,(H,23,31)(H2,24,25,30). The van der Waals surface area contributed by atoms with Crippen LogP contribution >= 0.6 is 0 Å². The Hall–Kier alpha value is -3.37. The van der Waals surface area contributed by atoms with Gasteiger partial charge in [-0.15, -0.1) is 0 Å². The lowest BCUT2D eigenvalue weighted by Crippen LogP contribution is -2.61. The highest BCUT2D eigenvalue weighted by molar-refractivity contribution is 5.94. The minimum absolute atomic E-state index is 0.0256. The molecule has 0 aromatic heterocycles. The summed E-state index contributed by atoms with van der Waals surface area (Å²) >= 11 is 0. The van der Waals surface area contributed by atoms with Gasteiger partial charge < -0.3 is 25.8 Å². The Kier molecular flexibility index (Phi) is 9.01. The van der Waals surface area contributed by atoms with E-state index in [1.54, 1.807) is 9.80 Å². The predicted molar refractivity (Wildman–Crippen MR) is 125 cm³/mol. The molecule has 0 saturated carbocycles. The highest BCUT2D eigenvalue weighted by Gasteiger charge is 2.35. The molecule has 0 bridgehead atoms. The van der Waals surface area contributed by atoms with Crippen molar-refractivity contribution in [2.24, 2.45) is 5.92 Å². The van der Waals surface area contributed by atoms with Gasteiger partial charge in [-0.05, 0) is 38.8 Å². The molecule has 11 nitrogen and oxygen atoms in total. The number of non-ortho nitro benzene ring substituents is 1. The second kappa shape index (κ2) is 11.5. The quantitative estimate of drug-likeness (QED) is 0.423. The van der Waals surface area contributed by atoms with Crippen LogP contribution in [0.3, 0.4) is 0 Å². The van der Waals surface area contributed by atoms with Crippen LogP contribution in [0.5, 0.6) is 0 Å². The maximum atomic E-state index is 13.3. The van der Waals surface area contributed by atoms with E-state index in [2.05, 4.69) is 16.0 Å². The Morgan fingerprint density at radius 3 is 2.27 bits per heavy atom. The van der Waals surface area contributed by atoms with E-state index in [1.165, 1.54) is 24.3 Å². The SMILES string of the molecule is CCC(C)C(NC(=O)Nc1ccc([N+](=O)[O-])cc1)C(=O)N1CCN(C(=O)NC(C)C)C(C)C1. The van der Waals surface area contributed by atoms with E-state index in [-0.39, 0.29) is 35.6 Å². The Morgan fingerprint density at radius 1 is 1.12 bits per heavy atom. The normalized spacial score (nSPS) is 17.8. The first-order chi connectivity index (χ1) is 15.5. The number of hydrogen-bond donors (Lipinski definition) is 3. The predicted octanol–water partition coefficient (Wildman–Crippen LogP) is 2.78. The van der Waals surface area contributed by atoms with E-state index in [0.29, 0.717) is 31.7 Å². The zero-order chi connectivity index (χ0) is 24.7. The fourth-order valence-corrected chi connectivity index (χ4v) is 3.64. The fourth-order valence-electron chi connectivity index (χ4n) is 3.64. The molecular weight excluding hydrogens is 428 g/mol. The molecule has 1 aromatic rings. The summed E-state index contributed by atoms with van der Waals surface area (Å²) in [5.74, 6) is -0.309.